The first kappa shape index (κ1) is 19.7. The summed E-state index contributed by atoms with van der Waals surface area (Å²) in [7, 11) is 2.19. The Bertz CT molecular complexity index is 1200. The monoisotopic (exact) mass is 412 g/mol. The number of aromatic amines is 1. The summed E-state index contributed by atoms with van der Waals surface area (Å²) in [5.41, 5.74) is 13.5. The van der Waals surface area contributed by atoms with Gasteiger partial charge in [-0.15, -0.1) is 0 Å². The Labute approximate surface area is 182 Å². The van der Waals surface area contributed by atoms with Gasteiger partial charge in [-0.05, 0) is 42.8 Å². The Morgan fingerprint density at radius 3 is 2.42 bits per heavy atom. The minimum absolute atomic E-state index is 0.569. The topological polar surface area (TPSA) is 74.1 Å². The van der Waals surface area contributed by atoms with Crippen molar-refractivity contribution < 1.29 is 0 Å². The van der Waals surface area contributed by atoms with Crippen LogP contribution in [0, 0.1) is 6.92 Å². The second kappa shape index (κ2) is 8.13. The molecule has 3 N–H and O–H groups in total. The van der Waals surface area contributed by atoms with Crippen LogP contribution in [-0.4, -0.2) is 58.0 Å². The van der Waals surface area contributed by atoms with E-state index >= 15 is 0 Å². The number of hydrogen-bond donors (Lipinski definition) is 2. The fourth-order valence-corrected chi connectivity index (χ4v) is 4.20. The van der Waals surface area contributed by atoms with Crippen LogP contribution in [0.5, 0.6) is 0 Å². The quantitative estimate of drug-likeness (QED) is 0.531. The van der Waals surface area contributed by atoms with E-state index in [9.17, 15) is 0 Å². The minimum Gasteiger partial charge on any atom is -0.383 e. The number of fused-ring (bicyclic) bond motifs is 1. The van der Waals surface area contributed by atoms with Crippen molar-refractivity contribution in [3.63, 3.8) is 0 Å². The molecule has 0 saturated carbocycles. The molecular weight excluding hydrogens is 384 g/mol. The highest BCUT2D eigenvalue weighted by Crippen LogP contribution is 2.31. The molecule has 0 bridgehead atoms. The van der Waals surface area contributed by atoms with Crippen LogP contribution >= 0.6 is 0 Å². The zero-order valence-corrected chi connectivity index (χ0v) is 18.1. The second-order valence-electron chi connectivity index (χ2n) is 8.52. The maximum atomic E-state index is 5.90. The van der Waals surface area contributed by atoms with Gasteiger partial charge < -0.3 is 15.6 Å². The van der Waals surface area contributed by atoms with Gasteiger partial charge >= 0.3 is 0 Å². The number of anilines is 1. The first-order valence-corrected chi connectivity index (χ1v) is 10.8. The summed E-state index contributed by atoms with van der Waals surface area (Å²) in [6.07, 6.45) is 5.75. The van der Waals surface area contributed by atoms with Crippen LogP contribution in [0.15, 0.2) is 55.0 Å². The summed E-state index contributed by atoms with van der Waals surface area (Å²) in [6, 6.07) is 13.2. The Morgan fingerprint density at radius 1 is 0.935 bits per heavy atom. The molecule has 0 unspecified atom stereocenters. The molecule has 0 radical (unpaired) electrons. The van der Waals surface area contributed by atoms with Crippen LogP contribution in [0.2, 0.25) is 0 Å². The second-order valence-corrected chi connectivity index (χ2v) is 8.52. The first-order valence-electron chi connectivity index (χ1n) is 10.8. The summed E-state index contributed by atoms with van der Waals surface area (Å²) >= 11 is 0. The van der Waals surface area contributed by atoms with Crippen LogP contribution < -0.4 is 5.73 Å². The molecule has 158 valence electrons. The van der Waals surface area contributed by atoms with Gasteiger partial charge in [-0.3, -0.25) is 4.90 Å². The maximum Gasteiger partial charge on any atom is 0.137 e. The number of nitrogen functional groups attached to an aromatic ring is 1. The number of nitrogens with zero attached hydrogens (tertiary/aromatic N) is 4. The Morgan fingerprint density at radius 2 is 1.68 bits per heavy atom. The smallest absolute Gasteiger partial charge is 0.137 e. The Hall–Kier alpha value is -3.22. The number of rotatable bonds is 4. The summed E-state index contributed by atoms with van der Waals surface area (Å²) in [4.78, 5) is 17.2. The highest BCUT2D eigenvalue weighted by molar-refractivity contribution is 5.95. The van der Waals surface area contributed by atoms with Crippen molar-refractivity contribution in [3.8, 4) is 22.3 Å². The van der Waals surface area contributed by atoms with E-state index in [0.717, 1.165) is 66.0 Å². The molecule has 1 aliphatic heterocycles. The number of H-pyrrole nitrogens is 1. The van der Waals surface area contributed by atoms with E-state index in [1.54, 1.807) is 0 Å². The lowest BCUT2D eigenvalue weighted by atomic mass is 10.0. The fraction of sp³-hybridized carbons (Fsp3) is 0.280. The number of piperazine rings is 1. The van der Waals surface area contributed by atoms with Gasteiger partial charge in [-0.25, -0.2) is 9.97 Å². The van der Waals surface area contributed by atoms with Crippen LogP contribution in [0.1, 0.15) is 11.1 Å². The molecule has 5 rings (SSSR count). The third-order valence-electron chi connectivity index (χ3n) is 6.25. The molecule has 1 aliphatic rings. The van der Waals surface area contributed by atoms with E-state index in [2.05, 4.69) is 68.2 Å². The zero-order valence-electron chi connectivity index (χ0n) is 18.1. The van der Waals surface area contributed by atoms with Gasteiger partial charge in [0.15, 0.2) is 0 Å². The van der Waals surface area contributed by atoms with Crippen molar-refractivity contribution in [2.45, 2.75) is 13.5 Å². The number of nitrogens with two attached hydrogens (primary N) is 1. The molecule has 0 spiro atoms. The minimum atomic E-state index is 0.569. The van der Waals surface area contributed by atoms with Crippen molar-refractivity contribution in [2.75, 3.05) is 39.0 Å². The summed E-state index contributed by atoms with van der Waals surface area (Å²) in [5, 5.41) is 1.09. The zero-order chi connectivity index (χ0) is 21.4. The summed E-state index contributed by atoms with van der Waals surface area (Å²) < 4.78 is 0. The predicted molar refractivity (Wildman–Crippen MR) is 127 cm³/mol. The molecule has 31 heavy (non-hydrogen) atoms. The average Bonchev–Trinajstić information content (AvgIpc) is 3.21. The standard InChI is InChI=1S/C25H28N6/c1-17-11-21(14-27-24(17)26)23-15-29-25-22(23)12-20(13-28-25)19-5-3-18(4-6-19)16-31-9-7-30(2)8-10-31/h3-6,11-15H,7-10,16H2,1-2H3,(H2,26,27)(H,28,29). The van der Waals surface area contributed by atoms with Crippen LogP contribution in [0.4, 0.5) is 5.82 Å². The van der Waals surface area contributed by atoms with Gasteiger partial charge in [0.1, 0.15) is 11.5 Å². The molecule has 0 aliphatic carbocycles. The Kier molecular flexibility index (Phi) is 5.18. The van der Waals surface area contributed by atoms with E-state index in [-0.39, 0.29) is 0 Å². The number of nitrogens with one attached hydrogen (secondary N) is 1. The van der Waals surface area contributed by atoms with Crippen LogP contribution in [-0.2, 0) is 6.54 Å². The van der Waals surface area contributed by atoms with Crippen molar-refractivity contribution in [1.82, 2.24) is 24.8 Å². The number of likely N-dealkylation sites (N-methyl/N-ethyl adjacent to an activating group) is 1. The molecule has 6 heteroatoms. The van der Waals surface area contributed by atoms with Gasteiger partial charge in [-0.2, -0.15) is 0 Å². The molecular formula is C25H28N6. The third kappa shape index (κ3) is 4.04. The number of benzene rings is 1. The Balaban J connectivity index is 1.40. The predicted octanol–water partition coefficient (Wildman–Crippen LogP) is 3.93. The van der Waals surface area contributed by atoms with E-state index in [4.69, 9.17) is 5.73 Å². The SMILES string of the molecule is Cc1cc(-c2c[nH]c3ncc(-c4ccc(CN5CCN(C)CC5)cc4)cc23)cnc1N. The number of aromatic nitrogens is 3. The largest absolute Gasteiger partial charge is 0.383 e. The summed E-state index contributed by atoms with van der Waals surface area (Å²) in [6.45, 7) is 7.55. The molecule has 3 aromatic heterocycles. The van der Waals surface area contributed by atoms with Gasteiger partial charge in [0.05, 0.1) is 0 Å². The number of pyridine rings is 2. The van der Waals surface area contributed by atoms with Crippen molar-refractivity contribution in [1.29, 1.82) is 0 Å². The summed E-state index contributed by atoms with van der Waals surface area (Å²) in [5.74, 6) is 0.569. The van der Waals surface area contributed by atoms with Gasteiger partial charge in [0, 0.05) is 73.4 Å². The highest BCUT2D eigenvalue weighted by Gasteiger charge is 2.14. The van der Waals surface area contributed by atoms with Gasteiger partial charge in [0.2, 0.25) is 0 Å². The number of aryl methyl sites for hydroxylation is 1. The van der Waals surface area contributed by atoms with Crippen molar-refractivity contribution in [2.24, 2.45) is 0 Å². The molecule has 1 fully saturated rings. The van der Waals surface area contributed by atoms with Gasteiger partial charge in [-0.1, -0.05) is 24.3 Å². The highest BCUT2D eigenvalue weighted by atomic mass is 15.2. The van der Waals surface area contributed by atoms with E-state index in [1.807, 2.05) is 25.5 Å². The molecule has 0 amide bonds. The van der Waals surface area contributed by atoms with E-state index < -0.39 is 0 Å². The maximum absolute atomic E-state index is 5.90. The molecule has 1 aromatic carbocycles. The number of hydrogen-bond acceptors (Lipinski definition) is 5. The molecule has 4 heterocycles. The fourth-order valence-electron chi connectivity index (χ4n) is 4.20. The lowest BCUT2D eigenvalue weighted by Gasteiger charge is -2.32. The van der Waals surface area contributed by atoms with E-state index in [1.165, 1.54) is 11.1 Å². The molecule has 4 aromatic rings. The van der Waals surface area contributed by atoms with Crippen molar-refractivity contribution >= 4 is 16.9 Å². The van der Waals surface area contributed by atoms with Crippen LogP contribution in [0.3, 0.4) is 0 Å². The third-order valence-corrected chi connectivity index (χ3v) is 6.25. The molecule has 6 nitrogen and oxygen atoms in total. The van der Waals surface area contributed by atoms with E-state index in [0.29, 0.717) is 5.82 Å². The first-order chi connectivity index (χ1) is 15.1. The molecule has 0 atom stereocenters. The van der Waals surface area contributed by atoms with Crippen LogP contribution in [0.25, 0.3) is 33.3 Å². The lowest BCUT2D eigenvalue weighted by Crippen LogP contribution is -2.43. The normalized spacial score (nSPS) is 15.5. The van der Waals surface area contributed by atoms with Gasteiger partial charge in [0.25, 0.3) is 0 Å². The van der Waals surface area contributed by atoms with Crippen molar-refractivity contribution in [3.05, 3.63) is 66.1 Å². The molecule has 1 saturated heterocycles. The average molecular weight is 413 g/mol. The lowest BCUT2D eigenvalue weighted by molar-refractivity contribution is 0.148.